The van der Waals surface area contributed by atoms with Gasteiger partial charge in [0.25, 0.3) is 5.91 Å². The SMILES string of the molecule is COc1cc(N2CCN(C(=O)c3ccoc3)CC2)nc(C)n1. The predicted molar refractivity (Wildman–Crippen MR) is 80.1 cm³/mol. The first-order chi connectivity index (χ1) is 10.7. The van der Waals surface area contributed by atoms with Gasteiger partial charge in [-0.25, -0.2) is 4.98 Å². The van der Waals surface area contributed by atoms with Crippen molar-refractivity contribution in [3.8, 4) is 5.88 Å². The van der Waals surface area contributed by atoms with Crippen LogP contribution in [0.5, 0.6) is 5.88 Å². The number of carbonyl (C=O) groups is 1. The van der Waals surface area contributed by atoms with E-state index in [1.54, 1.807) is 13.2 Å². The lowest BCUT2D eigenvalue weighted by Gasteiger charge is -2.35. The zero-order valence-corrected chi connectivity index (χ0v) is 12.7. The first-order valence-corrected chi connectivity index (χ1v) is 7.13. The number of rotatable bonds is 3. The molecule has 0 aliphatic carbocycles. The summed E-state index contributed by atoms with van der Waals surface area (Å²) in [6, 6.07) is 3.51. The molecule has 0 aromatic carbocycles. The molecule has 0 atom stereocenters. The maximum absolute atomic E-state index is 12.3. The molecule has 0 N–H and O–H groups in total. The van der Waals surface area contributed by atoms with E-state index in [1.165, 1.54) is 12.5 Å². The quantitative estimate of drug-likeness (QED) is 0.852. The van der Waals surface area contributed by atoms with E-state index in [0.29, 0.717) is 30.4 Å². The minimum Gasteiger partial charge on any atom is -0.481 e. The van der Waals surface area contributed by atoms with Gasteiger partial charge in [0.1, 0.15) is 17.9 Å². The number of piperazine rings is 1. The zero-order chi connectivity index (χ0) is 15.5. The molecule has 0 saturated carbocycles. The van der Waals surface area contributed by atoms with E-state index in [0.717, 1.165) is 18.9 Å². The van der Waals surface area contributed by atoms with Crippen LogP contribution >= 0.6 is 0 Å². The van der Waals surface area contributed by atoms with Gasteiger partial charge < -0.3 is 19.0 Å². The molecule has 7 nitrogen and oxygen atoms in total. The third kappa shape index (κ3) is 2.88. The topological polar surface area (TPSA) is 71.7 Å². The molecule has 2 aromatic rings. The van der Waals surface area contributed by atoms with Gasteiger partial charge in [0.15, 0.2) is 0 Å². The Bertz CT molecular complexity index is 649. The van der Waals surface area contributed by atoms with Crippen molar-refractivity contribution in [2.24, 2.45) is 0 Å². The summed E-state index contributed by atoms with van der Waals surface area (Å²) in [5.41, 5.74) is 0.591. The van der Waals surface area contributed by atoms with Gasteiger partial charge in [0, 0.05) is 32.2 Å². The van der Waals surface area contributed by atoms with Crippen molar-refractivity contribution < 1.29 is 13.9 Å². The van der Waals surface area contributed by atoms with E-state index in [9.17, 15) is 4.79 Å². The number of anilines is 1. The highest BCUT2D eigenvalue weighted by atomic mass is 16.5. The van der Waals surface area contributed by atoms with Crippen molar-refractivity contribution in [1.29, 1.82) is 0 Å². The highest BCUT2D eigenvalue weighted by Gasteiger charge is 2.23. The molecule has 2 aromatic heterocycles. The molecule has 0 unspecified atom stereocenters. The number of hydrogen-bond acceptors (Lipinski definition) is 6. The lowest BCUT2D eigenvalue weighted by atomic mass is 10.2. The minimum atomic E-state index is 0.00449. The number of nitrogens with zero attached hydrogens (tertiary/aromatic N) is 4. The molecule has 1 fully saturated rings. The van der Waals surface area contributed by atoms with Gasteiger partial charge in [-0.2, -0.15) is 4.98 Å². The number of ether oxygens (including phenoxy) is 1. The van der Waals surface area contributed by atoms with Gasteiger partial charge in [-0.15, -0.1) is 0 Å². The van der Waals surface area contributed by atoms with Crippen LogP contribution in [-0.4, -0.2) is 54.1 Å². The summed E-state index contributed by atoms with van der Waals surface area (Å²) in [6.07, 6.45) is 2.99. The average Bonchev–Trinajstić information content (AvgIpc) is 3.08. The van der Waals surface area contributed by atoms with Crippen molar-refractivity contribution >= 4 is 11.7 Å². The van der Waals surface area contributed by atoms with Crippen LogP contribution in [0, 0.1) is 6.92 Å². The van der Waals surface area contributed by atoms with Gasteiger partial charge in [0.05, 0.1) is 18.9 Å². The lowest BCUT2D eigenvalue weighted by molar-refractivity contribution is 0.0745. The smallest absolute Gasteiger partial charge is 0.257 e. The van der Waals surface area contributed by atoms with Gasteiger partial charge in [-0.3, -0.25) is 4.79 Å². The van der Waals surface area contributed by atoms with Crippen LogP contribution in [0.4, 0.5) is 5.82 Å². The summed E-state index contributed by atoms with van der Waals surface area (Å²) in [7, 11) is 1.59. The number of amides is 1. The van der Waals surface area contributed by atoms with E-state index < -0.39 is 0 Å². The Balaban J connectivity index is 1.67. The summed E-state index contributed by atoms with van der Waals surface area (Å²) >= 11 is 0. The second-order valence-electron chi connectivity index (χ2n) is 5.11. The summed E-state index contributed by atoms with van der Waals surface area (Å²) in [5.74, 6) is 2.07. The average molecular weight is 302 g/mol. The summed E-state index contributed by atoms with van der Waals surface area (Å²) < 4.78 is 10.1. The minimum absolute atomic E-state index is 0.00449. The Morgan fingerprint density at radius 3 is 2.68 bits per heavy atom. The van der Waals surface area contributed by atoms with Gasteiger partial charge >= 0.3 is 0 Å². The zero-order valence-electron chi connectivity index (χ0n) is 12.7. The summed E-state index contributed by atoms with van der Waals surface area (Å²) in [5, 5.41) is 0. The summed E-state index contributed by atoms with van der Waals surface area (Å²) in [6.45, 7) is 4.59. The van der Waals surface area contributed by atoms with Crippen LogP contribution in [0.15, 0.2) is 29.1 Å². The fourth-order valence-electron chi connectivity index (χ4n) is 2.50. The van der Waals surface area contributed by atoms with Crippen molar-refractivity contribution in [2.75, 3.05) is 38.2 Å². The Morgan fingerprint density at radius 2 is 2.05 bits per heavy atom. The molecule has 3 heterocycles. The highest BCUT2D eigenvalue weighted by Crippen LogP contribution is 2.19. The maximum Gasteiger partial charge on any atom is 0.257 e. The van der Waals surface area contributed by atoms with E-state index in [-0.39, 0.29) is 5.91 Å². The molecular formula is C15H18N4O3. The third-order valence-corrected chi connectivity index (χ3v) is 3.67. The number of hydrogen-bond donors (Lipinski definition) is 0. The number of furan rings is 1. The molecular weight excluding hydrogens is 284 g/mol. The third-order valence-electron chi connectivity index (χ3n) is 3.67. The fourth-order valence-corrected chi connectivity index (χ4v) is 2.50. The van der Waals surface area contributed by atoms with Gasteiger partial charge in [-0.05, 0) is 13.0 Å². The molecule has 0 spiro atoms. The van der Waals surface area contributed by atoms with E-state index >= 15 is 0 Å². The van der Waals surface area contributed by atoms with Gasteiger partial charge in [-0.1, -0.05) is 0 Å². The predicted octanol–water partition coefficient (Wildman–Crippen LogP) is 1.35. The van der Waals surface area contributed by atoms with Crippen molar-refractivity contribution in [2.45, 2.75) is 6.92 Å². The number of aromatic nitrogens is 2. The first-order valence-electron chi connectivity index (χ1n) is 7.13. The molecule has 3 rings (SSSR count). The van der Waals surface area contributed by atoms with Crippen LogP contribution in [0.2, 0.25) is 0 Å². The molecule has 116 valence electrons. The van der Waals surface area contributed by atoms with E-state index in [1.807, 2.05) is 17.9 Å². The van der Waals surface area contributed by atoms with E-state index in [2.05, 4.69) is 14.9 Å². The van der Waals surface area contributed by atoms with Crippen LogP contribution in [0.25, 0.3) is 0 Å². The Kier molecular flexibility index (Phi) is 3.95. The first kappa shape index (κ1) is 14.4. The monoisotopic (exact) mass is 302 g/mol. The van der Waals surface area contributed by atoms with Crippen molar-refractivity contribution in [1.82, 2.24) is 14.9 Å². The van der Waals surface area contributed by atoms with Crippen LogP contribution in [0.1, 0.15) is 16.2 Å². The van der Waals surface area contributed by atoms with Crippen LogP contribution < -0.4 is 9.64 Å². The Hall–Kier alpha value is -2.57. The molecule has 1 saturated heterocycles. The standard InChI is InChI=1S/C15H18N4O3/c1-11-16-13(9-14(17-11)21-2)18-4-6-19(7-5-18)15(20)12-3-8-22-10-12/h3,8-10H,4-7H2,1-2H3. The molecule has 1 aliphatic heterocycles. The van der Waals surface area contributed by atoms with Crippen LogP contribution in [0.3, 0.4) is 0 Å². The second-order valence-corrected chi connectivity index (χ2v) is 5.11. The summed E-state index contributed by atoms with van der Waals surface area (Å²) in [4.78, 5) is 24.9. The largest absolute Gasteiger partial charge is 0.481 e. The molecule has 0 radical (unpaired) electrons. The maximum atomic E-state index is 12.3. The number of methoxy groups -OCH3 is 1. The number of aryl methyl sites for hydroxylation is 1. The lowest BCUT2D eigenvalue weighted by Crippen LogP contribution is -2.49. The fraction of sp³-hybridized carbons (Fsp3) is 0.400. The Labute approximate surface area is 128 Å². The van der Waals surface area contributed by atoms with Gasteiger partial charge in [0.2, 0.25) is 5.88 Å². The normalized spacial score (nSPS) is 15.0. The highest BCUT2D eigenvalue weighted by molar-refractivity contribution is 5.94. The van der Waals surface area contributed by atoms with Crippen LogP contribution in [-0.2, 0) is 0 Å². The molecule has 0 bridgehead atoms. The second kappa shape index (κ2) is 6.05. The molecule has 1 amide bonds. The van der Waals surface area contributed by atoms with E-state index in [4.69, 9.17) is 9.15 Å². The molecule has 22 heavy (non-hydrogen) atoms. The molecule has 1 aliphatic rings. The number of carbonyl (C=O) groups excluding carboxylic acids is 1. The molecule has 7 heteroatoms. The Morgan fingerprint density at radius 1 is 1.27 bits per heavy atom. The van der Waals surface area contributed by atoms with Crippen molar-refractivity contribution in [3.63, 3.8) is 0 Å². The van der Waals surface area contributed by atoms with Crippen molar-refractivity contribution in [3.05, 3.63) is 36.0 Å².